The molecule has 27 heteroatoms. The summed E-state index contributed by atoms with van der Waals surface area (Å²) < 4.78 is 38.5. The van der Waals surface area contributed by atoms with Gasteiger partial charge in [-0.15, -0.1) is 0 Å². The number of carbonyl (C=O) groups is 2. The van der Waals surface area contributed by atoms with E-state index in [0.29, 0.717) is 66.7 Å². The Balaban J connectivity index is 0.000000199. The van der Waals surface area contributed by atoms with Crippen LogP contribution in [0.25, 0.3) is 22.5 Å². The van der Waals surface area contributed by atoms with Crippen molar-refractivity contribution >= 4 is 86.1 Å². The lowest BCUT2D eigenvalue weighted by atomic mass is 10.1. The number of benzene rings is 2. The highest BCUT2D eigenvalue weighted by molar-refractivity contribution is 6.29. The number of nitrogens with two attached hydrogens (primary N) is 1. The Labute approximate surface area is 416 Å². The van der Waals surface area contributed by atoms with Crippen LogP contribution in [0, 0.1) is 31.9 Å². The number of anilines is 3. The predicted octanol–water partition coefficient (Wildman–Crippen LogP) is 7.30. The molecule has 8 rings (SSSR count). The molecule has 1 amide bonds. The van der Waals surface area contributed by atoms with Gasteiger partial charge in [-0.2, -0.15) is 19.9 Å². The first-order valence-corrected chi connectivity index (χ1v) is 22.1. The number of fused-ring (bicyclic) bond motifs is 2. The van der Waals surface area contributed by atoms with Gasteiger partial charge in [0.1, 0.15) is 17.3 Å². The van der Waals surface area contributed by atoms with Gasteiger partial charge in [-0.3, -0.25) is 39.8 Å². The molecule has 6 N–H and O–H groups in total. The van der Waals surface area contributed by atoms with Crippen molar-refractivity contribution in [1.82, 2.24) is 45.2 Å². The molecule has 2 aromatic carbocycles. The molecule has 6 heterocycles. The number of oxazole rings is 2. The molecule has 0 saturated heterocycles. The first-order chi connectivity index (χ1) is 34.7. The van der Waals surface area contributed by atoms with Gasteiger partial charge in [-0.05, 0) is 59.6 Å². The van der Waals surface area contributed by atoms with Gasteiger partial charge in [0.05, 0.1) is 34.3 Å². The molecule has 0 saturated carbocycles. The zero-order valence-corrected chi connectivity index (χ0v) is 39.1. The maximum absolute atomic E-state index is 13.8. The lowest BCUT2D eigenvalue weighted by molar-refractivity contribution is -0.385. The van der Waals surface area contributed by atoms with Crippen LogP contribution in [0.3, 0.4) is 0 Å². The molecule has 6 aromatic heterocycles. The minimum atomic E-state index is -0.552. The number of pyridine rings is 2. The molecule has 0 unspecified atom stereocenters. The summed E-state index contributed by atoms with van der Waals surface area (Å²) >= 11 is 11.8. The molecule has 8 aromatic rings. The number of nitro benzene ring substituents is 2. The molecule has 0 bridgehead atoms. The number of nitrogens with zero attached hydrogens (tertiary/aromatic N) is 10. The summed E-state index contributed by atoms with van der Waals surface area (Å²) in [4.78, 5) is 76.5. The maximum atomic E-state index is 13.8. The van der Waals surface area contributed by atoms with E-state index in [9.17, 15) is 38.6 Å². The van der Waals surface area contributed by atoms with Crippen LogP contribution in [0.1, 0.15) is 35.2 Å². The van der Waals surface area contributed by atoms with Crippen LogP contribution < -0.4 is 27.0 Å². The predicted molar refractivity (Wildman–Crippen MR) is 260 cm³/mol. The molecule has 0 radical (unpaired) electrons. The quantitative estimate of drug-likeness (QED) is 0.0164. The molecular formula is C45H41Cl2F2N15O8. The fourth-order valence-electron chi connectivity index (χ4n) is 6.27. The number of nitrogens with one attached hydrogen (secondary N) is 4. The molecule has 372 valence electrons. The maximum Gasteiger partial charge on any atom is 0.292 e. The molecule has 0 spiro atoms. The zero-order chi connectivity index (χ0) is 51.6. The normalized spacial score (nSPS) is 10.7. The van der Waals surface area contributed by atoms with Crippen molar-refractivity contribution in [3.8, 4) is 0 Å². The van der Waals surface area contributed by atoms with Crippen LogP contribution in [0.5, 0.6) is 0 Å². The van der Waals surface area contributed by atoms with Crippen LogP contribution in [0.15, 0.2) is 107 Å². The summed E-state index contributed by atoms with van der Waals surface area (Å²) in [5.41, 5.74) is 7.51. The average Bonchev–Trinajstić information content (AvgIpc) is 3.97. The molecule has 0 aliphatic carbocycles. The van der Waals surface area contributed by atoms with E-state index in [2.05, 4.69) is 67.7 Å². The van der Waals surface area contributed by atoms with Crippen molar-refractivity contribution < 1.29 is 37.1 Å². The van der Waals surface area contributed by atoms with Gasteiger partial charge in [-0.25, -0.2) is 18.7 Å². The Morgan fingerprint density at radius 3 is 1.76 bits per heavy atom. The number of allylic oxidation sites excluding steroid dienone is 1. The van der Waals surface area contributed by atoms with Crippen LogP contribution in [-0.2, 0) is 41.9 Å². The van der Waals surface area contributed by atoms with Gasteiger partial charge in [-0.1, -0.05) is 36.9 Å². The van der Waals surface area contributed by atoms with E-state index >= 15 is 0 Å². The number of aromatic nitrogens is 8. The van der Waals surface area contributed by atoms with Crippen LogP contribution in [0.2, 0.25) is 10.6 Å². The van der Waals surface area contributed by atoms with Crippen molar-refractivity contribution in [3.05, 3.63) is 169 Å². The van der Waals surface area contributed by atoms with Gasteiger partial charge in [0.15, 0.2) is 40.2 Å². The SMILES string of the molecule is C=CC(=O)Cc1ccccc1[N+](=O)[O-].NCCc1nc2c(NCc3ncccc3F)nc(Cl)nc2o1.O=C(CCNCCc1nc2c(NCc3ncccc3F)nc(Cl)nc2o1)Nc1ccccc1[N+](=O)[O-]. The lowest BCUT2D eigenvalue weighted by Gasteiger charge is -2.06. The van der Waals surface area contributed by atoms with E-state index in [-0.39, 0.29) is 93.9 Å². The molecule has 0 atom stereocenters. The summed E-state index contributed by atoms with van der Waals surface area (Å²) in [5, 5.41) is 33.1. The summed E-state index contributed by atoms with van der Waals surface area (Å²) in [6.45, 7) is 4.68. The number of halogens is 4. The number of carbonyl (C=O) groups excluding carboxylic acids is 2. The number of hydrogen-bond acceptors (Lipinski definition) is 20. The highest BCUT2D eigenvalue weighted by atomic mass is 35.5. The number of amides is 1. The largest absolute Gasteiger partial charge is 0.422 e. The molecule has 0 aliphatic heterocycles. The first kappa shape index (κ1) is 52.8. The molecule has 72 heavy (non-hydrogen) atoms. The van der Waals surface area contributed by atoms with Crippen molar-refractivity contribution in [1.29, 1.82) is 0 Å². The van der Waals surface area contributed by atoms with Gasteiger partial charge >= 0.3 is 0 Å². The number of para-hydroxylation sites is 3. The monoisotopic (exact) mass is 1030 g/mol. The summed E-state index contributed by atoms with van der Waals surface area (Å²) in [6, 6.07) is 17.8. The minimum Gasteiger partial charge on any atom is -0.422 e. The Bertz CT molecular complexity index is 3220. The van der Waals surface area contributed by atoms with Gasteiger partial charge in [0.2, 0.25) is 16.5 Å². The smallest absolute Gasteiger partial charge is 0.292 e. The van der Waals surface area contributed by atoms with Crippen LogP contribution >= 0.6 is 23.2 Å². The number of rotatable bonds is 20. The van der Waals surface area contributed by atoms with E-state index in [0.717, 1.165) is 6.08 Å². The highest BCUT2D eigenvalue weighted by Crippen LogP contribution is 2.26. The number of ketones is 1. The highest BCUT2D eigenvalue weighted by Gasteiger charge is 2.19. The minimum absolute atomic E-state index is 0.00643. The van der Waals surface area contributed by atoms with E-state index < -0.39 is 21.5 Å². The molecule has 23 nitrogen and oxygen atoms in total. The average molecular weight is 1030 g/mol. The van der Waals surface area contributed by atoms with Crippen molar-refractivity contribution in [3.63, 3.8) is 0 Å². The van der Waals surface area contributed by atoms with Crippen molar-refractivity contribution in [2.45, 2.75) is 38.8 Å². The fraction of sp³-hybridized carbons (Fsp3) is 0.200. The third kappa shape index (κ3) is 15.0. The molecule has 0 fully saturated rings. The lowest BCUT2D eigenvalue weighted by Crippen LogP contribution is -2.23. The fourth-order valence-corrected chi connectivity index (χ4v) is 6.59. The standard InChI is InChI=1S/C22H20ClFN8O4.C13H12ClFN6O.C10H9NO3/c23-22-30-20(27-12-15-13(24)4-3-9-26-15)19-21(31-22)36-18(29-19)8-11-25-10-7-17(33)28-14-5-1-2-6-16(14)32(34)35;14-13-20-11(18-6-8-7(15)2-1-5-17-8)10-12(21-13)22-9(19-10)3-4-16;1-2-9(12)7-8-5-3-4-6-10(8)11(13)14/h1-6,9,25H,7-8,10-12H2,(H,28,33)(H,27,30,31);1-2,5H,3-4,6,16H2,(H,18,20,21);2-6H,1,7H2. The Kier molecular flexibility index (Phi) is 19.0. The topological polar surface area (TPSA) is 324 Å². The summed E-state index contributed by atoms with van der Waals surface area (Å²) in [5.74, 6) is 0.00526. The zero-order valence-electron chi connectivity index (χ0n) is 37.6. The third-order valence-corrected chi connectivity index (χ3v) is 9.96. The first-order valence-electron chi connectivity index (χ1n) is 21.4. The number of hydrogen-bond donors (Lipinski definition) is 5. The second-order valence-electron chi connectivity index (χ2n) is 14.6. The Morgan fingerprint density at radius 1 is 0.708 bits per heavy atom. The Hall–Kier alpha value is -8.52. The van der Waals surface area contributed by atoms with Crippen LogP contribution in [-0.4, -0.2) is 81.0 Å². The number of nitro groups is 2. The van der Waals surface area contributed by atoms with E-state index in [4.69, 9.17) is 37.8 Å². The van der Waals surface area contributed by atoms with Crippen molar-refractivity contribution in [2.75, 3.05) is 35.6 Å². The summed E-state index contributed by atoms with van der Waals surface area (Å²) in [6.07, 6.45) is 5.16. The third-order valence-electron chi connectivity index (χ3n) is 9.63. The summed E-state index contributed by atoms with van der Waals surface area (Å²) in [7, 11) is 0. The second kappa shape index (κ2) is 25.9. The van der Waals surface area contributed by atoms with Crippen LogP contribution in [0.4, 0.5) is 37.5 Å². The van der Waals surface area contributed by atoms with E-state index in [1.165, 1.54) is 60.9 Å². The van der Waals surface area contributed by atoms with E-state index in [1.54, 1.807) is 24.3 Å². The van der Waals surface area contributed by atoms with Crippen molar-refractivity contribution in [2.24, 2.45) is 5.73 Å². The van der Waals surface area contributed by atoms with E-state index in [1.807, 2.05) is 0 Å². The van der Waals surface area contributed by atoms with Gasteiger partial charge in [0.25, 0.3) is 22.8 Å². The Morgan fingerprint density at radius 2 is 1.24 bits per heavy atom. The van der Waals surface area contributed by atoms with Gasteiger partial charge in [0, 0.05) is 75.4 Å². The molecule has 0 aliphatic rings. The molecular weight excluding hydrogens is 987 g/mol. The van der Waals surface area contributed by atoms with Gasteiger partial charge < -0.3 is 35.8 Å². The second-order valence-corrected chi connectivity index (χ2v) is 15.3.